The monoisotopic (exact) mass is 336 g/mol. The molecule has 0 aliphatic rings. The number of hydrogen-bond acceptors (Lipinski definition) is 4. The van der Waals surface area contributed by atoms with Crippen molar-refractivity contribution in [1.82, 2.24) is 0 Å². The average molecular weight is 336 g/mol. The van der Waals surface area contributed by atoms with Gasteiger partial charge in [-0.1, -0.05) is 58.1 Å². The third kappa shape index (κ3) is 7.82. The van der Waals surface area contributed by atoms with Crippen LogP contribution in [0.25, 0.3) is 0 Å². The van der Waals surface area contributed by atoms with Crippen molar-refractivity contribution in [1.29, 1.82) is 0 Å². The molecule has 0 bridgehead atoms. The van der Waals surface area contributed by atoms with E-state index in [0.29, 0.717) is 17.9 Å². The van der Waals surface area contributed by atoms with Crippen LogP contribution in [-0.4, -0.2) is 18.2 Å². The summed E-state index contributed by atoms with van der Waals surface area (Å²) in [7, 11) is 0. The molecule has 0 unspecified atom stereocenters. The fourth-order valence-corrected chi connectivity index (χ4v) is 2.08. The molecule has 136 valence electrons. The highest BCUT2D eigenvalue weighted by Gasteiger charge is 2.22. The Bertz CT molecular complexity index is 482. The van der Waals surface area contributed by atoms with Crippen LogP contribution in [0.15, 0.2) is 24.3 Å². The van der Waals surface area contributed by atoms with Crippen molar-refractivity contribution in [3.05, 3.63) is 29.8 Å². The zero-order valence-electron chi connectivity index (χ0n) is 15.6. The maximum atomic E-state index is 12.2. The predicted octanol–water partition coefficient (Wildman–Crippen LogP) is 5.70. The van der Waals surface area contributed by atoms with Gasteiger partial charge in [0.15, 0.2) is 0 Å². The fourth-order valence-electron chi connectivity index (χ4n) is 2.08. The Morgan fingerprint density at radius 2 is 1.67 bits per heavy atom. The molecule has 1 rings (SSSR count). The van der Waals surface area contributed by atoms with E-state index in [1.807, 2.05) is 26.8 Å². The van der Waals surface area contributed by atoms with E-state index in [2.05, 4.69) is 6.92 Å². The van der Waals surface area contributed by atoms with Gasteiger partial charge in [0, 0.05) is 0 Å². The van der Waals surface area contributed by atoms with Crippen molar-refractivity contribution in [3.63, 3.8) is 0 Å². The van der Waals surface area contributed by atoms with Crippen LogP contribution in [0.5, 0.6) is 5.75 Å². The lowest BCUT2D eigenvalue weighted by Crippen LogP contribution is -2.25. The molecule has 0 aliphatic heterocycles. The molecule has 0 N–H and O–H groups in total. The first-order chi connectivity index (χ1) is 11.5. The van der Waals surface area contributed by atoms with Crippen molar-refractivity contribution in [2.75, 3.05) is 6.61 Å². The lowest BCUT2D eigenvalue weighted by Gasteiger charge is -2.20. The van der Waals surface area contributed by atoms with Crippen LogP contribution in [-0.2, 0) is 9.78 Å². The van der Waals surface area contributed by atoms with Crippen LogP contribution in [0, 0.1) is 0 Å². The molecule has 4 heteroatoms. The lowest BCUT2D eigenvalue weighted by molar-refractivity contribution is -0.307. The van der Waals surface area contributed by atoms with Gasteiger partial charge in [-0.25, -0.2) is 4.79 Å². The third-order valence-electron chi connectivity index (χ3n) is 4.06. The van der Waals surface area contributed by atoms with Crippen LogP contribution in [0.3, 0.4) is 0 Å². The van der Waals surface area contributed by atoms with Crippen LogP contribution < -0.4 is 4.74 Å². The molecule has 0 aliphatic carbocycles. The molecular formula is C20H32O4. The van der Waals surface area contributed by atoms with Gasteiger partial charge in [0.05, 0.1) is 6.61 Å². The minimum absolute atomic E-state index is 0.399. The second-order valence-corrected chi connectivity index (χ2v) is 6.68. The Balaban J connectivity index is 2.45. The van der Waals surface area contributed by atoms with E-state index in [-0.39, 0.29) is 0 Å². The molecule has 0 fully saturated rings. The Hall–Kier alpha value is -1.55. The second kappa shape index (κ2) is 11.1. The Labute approximate surface area is 146 Å². The van der Waals surface area contributed by atoms with Gasteiger partial charge in [0.1, 0.15) is 16.9 Å². The summed E-state index contributed by atoms with van der Waals surface area (Å²) in [5.74, 6) is 0.0315. The average Bonchev–Trinajstić information content (AvgIpc) is 2.59. The summed E-state index contributed by atoms with van der Waals surface area (Å²) in [6.07, 6.45) is 7.96. The smallest absolute Gasteiger partial charge is 0.376 e. The number of carbonyl (C=O) groups is 1. The molecular weight excluding hydrogens is 304 g/mol. The summed E-state index contributed by atoms with van der Waals surface area (Å²) in [5.41, 5.74) is -0.0976. The fraction of sp³-hybridized carbons (Fsp3) is 0.650. The van der Waals surface area contributed by atoms with Gasteiger partial charge in [0.25, 0.3) is 0 Å². The number of benzene rings is 1. The molecule has 0 heterocycles. The minimum Gasteiger partial charge on any atom is -0.493 e. The van der Waals surface area contributed by atoms with Gasteiger partial charge >= 0.3 is 5.97 Å². The first-order valence-electron chi connectivity index (χ1n) is 9.12. The first kappa shape index (κ1) is 20.5. The van der Waals surface area contributed by atoms with Crippen LogP contribution in [0.2, 0.25) is 0 Å². The number of para-hydroxylation sites is 1. The standard InChI is InChI=1S/C20H32O4/c1-5-7-8-9-10-13-16-22-18-15-12-11-14-17(18)19(21)23-24-20(3,4)6-2/h11-12,14-15H,5-10,13,16H2,1-4H3. The number of ether oxygens (including phenoxy) is 1. The molecule has 0 saturated heterocycles. The van der Waals surface area contributed by atoms with Crippen molar-refractivity contribution in [2.24, 2.45) is 0 Å². The molecule has 0 aromatic heterocycles. The van der Waals surface area contributed by atoms with E-state index in [1.54, 1.807) is 18.2 Å². The quantitative estimate of drug-likeness (QED) is 0.279. The van der Waals surface area contributed by atoms with Crippen LogP contribution >= 0.6 is 0 Å². The topological polar surface area (TPSA) is 44.8 Å². The van der Waals surface area contributed by atoms with E-state index < -0.39 is 11.6 Å². The van der Waals surface area contributed by atoms with E-state index in [4.69, 9.17) is 14.5 Å². The third-order valence-corrected chi connectivity index (χ3v) is 4.06. The maximum Gasteiger partial charge on any atom is 0.376 e. The minimum atomic E-state index is -0.518. The molecule has 24 heavy (non-hydrogen) atoms. The molecule has 0 atom stereocenters. The zero-order valence-corrected chi connectivity index (χ0v) is 15.6. The Kier molecular flexibility index (Phi) is 9.46. The van der Waals surface area contributed by atoms with E-state index in [1.165, 1.54) is 25.7 Å². The second-order valence-electron chi connectivity index (χ2n) is 6.68. The maximum absolute atomic E-state index is 12.2. The number of hydrogen-bond donors (Lipinski definition) is 0. The summed E-state index contributed by atoms with van der Waals surface area (Å²) < 4.78 is 5.77. The highest BCUT2D eigenvalue weighted by atomic mass is 17.2. The zero-order chi connectivity index (χ0) is 17.8. The molecule has 0 amide bonds. The molecule has 0 saturated carbocycles. The predicted molar refractivity (Wildman–Crippen MR) is 96.2 cm³/mol. The van der Waals surface area contributed by atoms with Gasteiger partial charge in [-0.2, -0.15) is 4.89 Å². The molecule has 0 radical (unpaired) electrons. The summed E-state index contributed by atoms with van der Waals surface area (Å²) >= 11 is 0. The number of rotatable bonds is 12. The van der Waals surface area contributed by atoms with Gasteiger partial charge in [-0.3, -0.25) is 4.89 Å². The summed E-state index contributed by atoms with van der Waals surface area (Å²) in [5, 5.41) is 0. The number of unbranched alkanes of at least 4 members (excludes halogenated alkanes) is 5. The molecule has 1 aromatic rings. The molecule has 0 spiro atoms. The van der Waals surface area contributed by atoms with Crippen molar-refractivity contribution < 1.29 is 19.3 Å². The largest absolute Gasteiger partial charge is 0.493 e. The van der Waals surface area contributed by atoms with Crippen molar-refractivity contribution >= 4 is 5.97 Å². The lowest BCUT2D eigenvalue weighted by atomic mass is 10.1. The summed E-state index contributed by atoms with van der Waals surface area (Å²) in [4.78, 5) is 22.4. The number of carbonyl (C=O) groups excluding carboxylic acids is 1. The van der Waals surface area contributed by atoms with Crippen molar-refractivity contribution in [2.45, 2.75) is 78.2 Å². The van der Waals surface area contributed by atoms with Gasteiger partial charge in [-0.05, 0) is 38.8 Å². The van der Waals surface area contributed by atoms with E-state index >= 15 is 0 Å². The van der Waals surface area contributed by atoms with Crippen LogP contribution in [0.1, 0.15) is 83.0 Å². The van der Waals surface area contributed by atoms with Gasteiger partial charge in [-0.15, -0.1) is 0 Å². The van der Waals surface area contributed by atoms with Crippen molar-refractivity contribution in [3.8, 4) is 5.75 Å². The normalized spacial score (nSPS) is 11.3. The molecule has 1 aromatic carbocycles. The summed E-state index contributed by atoms with van der Waals surface area (Å²) in [6.45, 7) is 8.55. The van der Waals surface area contributed by atoms with Crippen LogP contribution in [0.4, 0.5) is 0 Å². The highest BCUT2D eigenvalue weighted by Crippen LogP contribution is 2.21. The van der Waals surface area contributed by atoms with E-state index in [0.717, 1.165) is 19.3 Å². The Morgan fingerprint density at radius 1 is 1.00 bits per heavy atom. The summed E-state index contributed by atoms with van der Waals surface area (Å²) in [6, 6.07) is 7.13. The SMILES string of the molecule is CCCCCCCCOc1ccccc1C(=O)OOC(C)(C)CC. The van der Waals surface area contributed by atoms with E-state index in [9.17, 15) is 4.79 Å². The van der Waals surface area contributed by atoms with Gasteiger partial charge in [0.2, 0.25) is 0 Å². The molecule has 4 nitrogen and oxygen atoms in total. The highest BCUT2D eigenvalue weighted by molar-refractivity contribution is 5.92. The first-order valence-corrected chi connectivity index (χ1v) is 9.12. The van der Waals surface area contributed by atoms with Gasteiger partial charge < -0.3 is 4.74 Å². The Morgan fingerprint density at radius 3 is 2.38 bits per heavy atom.